The molecule has 1 saturated heterocycles. The number of carbonyl (C=O) groups excluding carboxylic acids is 1. The Morgan fingerprint density at radius 3 is 2.46 bits per heavy atom. The van der Waals surface area contributed by atoms with Gasteiger partial charge < -0.3 is 4.90 Å². The van der Waals surface area contributed by atoms with Gasteiger partial charge in [-0.3, -0.25) is 5.32 Å². The van der Waals surface area contributed by atoms with E-state index in [0.29, 0.717) is 12.4 Å². The van der Waals surface area contributed by atoms with E-state index in [-0.39, 0.29) is 32.2 Å². The summed E-state index contributed by atoms with van der Waals surface area (Å²) in [6, 6.07) is 11.4. The van der Waals surface area contributed by atoms with Crippen molar-refractivity contribution in [1.82, 2.24) is 19.0 Å². The number of carbonyl (C=O) groups is 1. The number of nitrogens with one attached hydrogen (secondary N) is 1. The number of hydrogen-bond acceptors (Lipinski definition) is 4. The zero-order chi connectivity index (χ0) is 18.7. The summed E-state index contributed by atoms with van der Waals surface area (Å²) < 4.78 is 25.6. The van der Waals surface area contributed by atoms with Gasteiger partial charge in [0.1, 0.15) is 5.82 Å². The summed E-state index contributed by atoms with van der Waals surface area (Å²) in [4.78, 5) is 14.1. The van der Waals surface area contributed by atoms with Gasteiger partial charge in [-0.1, -0.05) is 30.3 Å². The van der Waals surface area contributed by atoms with Crippen LogP contribution in [0.25, 0.3) is 0 Å². The fourth-order valence-electron chi connectivity index (χ4n) is 2.86. The van der Waals surface area contributed by atoms with Gasteiger partial charge in [0.15, 0.2) is 0 Å². The largest absolute Gasteiger partial charge is 0.323 e. The summed E-state index contributed by atoms with van der Waals surface area (Å²) >= 11 is 0. The van der Waals surface area contributed by atoms with Crippen molar-refractivity contribution in [3.8, 4) is 0 Å². The van der Waals surface area contributed by atoms with Gasteiger partial charge in [-0.15, -0.1) is 0 Å². The standard InChI is InChI=1S/C16H22N6O3S/c1-13-11-15(22(19-13)12-14-5-3-2-4-6-14)18-16(23)20-7-9-21(10-8-20)26(17,24)25/h2-6,11H,7-10,12H2,1H3,(H,18,23)(H2,17,24,25). The first-order valence-corrected chi connectivity index (χ1v) is 9.75. The van der Waals surface area contributed by atoms with E-state index in [9.17, 15) is 13.2 Å². The molecule has 3 N–H and O–H groups in total. The second kappa shape index (κ2) is 7.44. The highest BCUT2D eigenvalue weighted by Crippen LogP contribution is 2.14. The average molecular weight is 378 g/mol. The van der Waals surface area contributed by atoms with Gasteiger partial charge in [0, 0.05) is 32.2 Å². The van der Waals surface area contributed by atoms with Crippen molar-refractivity contribution in [1.29, 1.82) is 0 Å². The maximum Gasteiger partial charge on any atom is 0.323 e. The topological polar surface area (TPSA) is 114 Å². The Kier molecular flexibility index (Phi) is 5.25. The van der Waals surface area contributed by atoms with E-state index in [1.54, 1.807) is 15.6 Å². The van der Waals surface area contributed by atoms with E-state index < -0.39 is 10.2 Å². The van der Waals surface area contributed by atoms with Crippen molar-refractivity contribution < 1.29 is 13.2 Å². The highest BCUT2D eigenvalue weighted by Gasteiger charge is 2.27. The minimum Gasteiger partial charge on any atom is -0.322 e. The zero-order valence-corrected chi connectivity index (χ0v) is 15.3. The Morgan fingerprint density at radius 2 is 1.85 bits per heavy atom. The van der Waals surface area contributed by atoms with Crippen LogP contribution in [0.15, 0.2) is 36.4 Å². The Hall–Kier alpha value is -2.43. The minimum atomic E-state index is -3.71. The van der Waals surface area contributed by atoms with Crippen molar-refractivity contribution in [2.24, 2.45) is 5.14 Å². The summed E-state index contributed by atoms with van der Waals surface area (Å²) in [6.45, 7) is 3.36. The summed E-state index contributed by atoms with van der Waals surface area (Å²) in [5.41, 5.74) is 1.88. The van der Waals surface area contributed by atoms with Crippen LogP contribution >= 0.6 is 0 Å². The van der Waals surface area contributed by atoms with Crippen LogP contribution in [0.2, 0.25) is 0 Å². The molecule has 2 amide bonds. The third kappa shape index (κ3) is 4.40. The van der Waals surface area contributed by atoms with Gasteiger partial charge in [0.05, 0.1) is 12.2 Å². The second-order valence-corrected chi connectivity index (χ2v) is 7.72. The number of nitrogens with zero attached hydrogens (tertiary/aromatic N) is 4. The number of aryl methyl sites for hydroxylation is 1. The van der Waals surface area contributed by atoms with Crippen LogP contribution in [0.1, 0.15) is 11.3 Å². The minimum absolute atomic E-state index is 0.189. The van der Waals surface area contributed by atoms with Crippen molar-refractivity contribution >= 4 is 22.1 Å². The van der Waals surface area contributed by atoms with Crippen LogP contribution in [-0.4, -0.2) is 59.6 Å². The Balaban J connectivity index is 1.65. The number of amides is 2. The Bertz CT molecular complexity index is 873. The number of aromatic nitrogens is 2. The fraction of sp³-hybridized carbons (Fsp3) is 0.375. The molecule has 1 aliphatic rings. The molecule has 0 spiro atoms. The van der Waals surface area contributed by atoms with Crippen molar-refractivity contribution in [3.63, 3.8) is 0 Å². The third-order valence-electron chi connectivity index (χ3n) is 4.20. The molecule has 0 saturated carbocycles. The lowest BCUT2D eigenvalue weighted by Gasteiger charge is -2.32. The van der Waals surface area contributed by atoms with Gasteiger partial charge in [-0.05, 0) is 12.5 Å². The maximum absolute atomic E-state index is 12.5. The van der Waals surface area contributed by atoms with Crippen LogP contribution < -0.4 is 10.5 Å². The first-order chi connectivity index (χ1) is 12.3. The molecule has 26 heavy (non-hydrogen) atoms. The number of anilines is 1. The molecular formula is C16H22N6O3S. The van der Waals surface area contributed by atoms with Crippen LogP contribution in [0.5, 0.6) is 0 Å². The van der Waals surface area contributed by atoms with E-state index in [1.165, 1.54) is 4.31 Å². The molecule has 140 valence electrons. The summed E-state index contributed by atoms with van der Waals surface area (Å²) in [5, 5.41) is 12.4. The molecule has 0 bridgehead atoms. The fourth-order valence-corrected chi connectivity index (χ4v) is 3.53. The van der Waals surface area contributed by atoms with Crippen LogP contribution in [0, 0.1) is 6.92 Å². The molecule has 2 heterocycles. The number of urea groups is 1. The second-order valence-electron chi connectivity index (χ2n) is 6.18. The maximum atomic E-state index is 12.5. The molecule has 10 heteroatoms. The Morgan fingerprint density at radius 1 is 1.19 bits per heavy atom. The van der Waals surface area contributed by atoms with Crippen LogP contribution in [-0.2, 0) is 16.8 Å². The van der Waals surface area contributed by atoms with Crippen LogP contribution in [0.4, 0.5) is 10.6 Å². The summed E-state index contributed by atoms with van der Waals surface area (Å²) in [7, 11) is -3.71. The molecule has 0 unspecified atom stereocenters. The summed E-state index contributed by atoms with van der Waals surface area (Å²) in [6.07, 6.45) is 0. The number of hydrogen-bond donors (Lipinski definition) is 2. The Labute approximate surface area is 152 Å². The molecule has 0 radical (unpaired) electrons. The van der Waals surface area contributed by atoms with Gasteiger partial charge in [0.2, 0.25) is 0 Å². The molecule has 0 aliphatic carbocycles. The molecule has 0 atom stereocenters. The van der Waals surface area contributed by atoms with Gasteiger partial charge in [0.25, 0.3) is 10.2 Å². The molecule has 2 aromatic rings. The molecule has 1 fully saturated rings. The smallest absolute Gasteiger partial charge is 0.322 e. The SMILES string of the molecule is Cc1cc(NC(=O)N2CCN(S(N)(=O)=O)CC2)n(Cc2ccccc2)n1. The van der Waals surface area contributed by atoms with E-state index in [1.807, 2.05) is 37.3 Å². The molecular weight excluding hydrogens is 356 g/mol. The number of nitrogens with two attached hydrogens (primary N) is 1. The van der Waals surface area contributed by atoms with Crippen molar-refractivity contribution in [2.75, 3.05) is 31.5 Å². The van der Waals surface area contributed by atoms with Gasteiger partial charge in [-0.25, -0.2) is 14.6 Å². The lowest BCUT2D eigenvalue weighted by atomic mass is 10.2. The molecule has 1 aliphatic heterocycles. The number of benzene rings is 1. The first kappa shape index (κ1) is 18.4. The van der Waals surface area contributed by atoms with E-state index in [0.717, 1.165) is 11.3 Å². The highest BCUT2D eigenvalue weighted by molar-refractivity contribution is 7.86. The van der Waals surface area contributed by atoms with Crippen molar-refractivity contribution in [3.05, 3.63) is 47.7 Å². The molecule has 9 nitrogen and oxygen atoms in total. The van der Waals surface area contributed by atoms with E-state index in [2.05, 4.69) is 10.4 Å². The quantitative estimate of drug-likeness (QED) is 0.810. The van der Waals surface area contributed by atoms with Gasteiger partial charge >= 0.3 is 6.03 Å². The first-order valence-electron chi connectivity index (χ1n) is 8.25. The lowest BCUT2D eigenvalue weighted by molar-refractivity contribution is 0.184. The number of rotatable bonds is 4. The molecule has 1 aromatic heterocycles. The average Bonchev–Trinajstić information content (AvgIpc) is 2.94. The zero-order valence-electron chi connectivity index (χ0n) is 14.5. The number of piperazine rings is 1. The van der Waals surface area contributed by atoms with Gasteiger partial charge in [-0.2, -0.15) is 17.8 Å². The monoisotopic (exact) mass is 378 g/mol. The predicted octanol–water partition coefficient (Wildman–Crippen LogP) is 0.593. The summed E-state index contributed by atoms with van der Waals surface area (Å²) in [5.74, 6) is 0.602. The highest BCUT2D eigenvalue weighted by atomic mass is 32.2. The molecule has 3 rings (SSSR count). The van der Waals surface area contributed by atoms with E-state index in [4.69, 9.17) is 5.14 Å². The molecule has 1 aromatic carbocycles. The normalized spacial score (nSPS) is 15.8. The third-order valence-corrected chi connectivity index (χ3v) is 5.28. The van der Waals surface area contributed by atoms with Crippen LogP contribution in [0.3, 0.4) is 0 Å². The lowest BCUT2D eigenvalue weighted by Crippen LogP contribution is -2.53. The van der Waals surface area contributed by atoms with Crippen molar-refractivity contribution in [2.45, 2.75) is 13.5 Å². The van der Waals surface area contributed by atoms with E-state index >= 15 is 0 Å². The predicted molar refractivity (Wildman–Crippen MR) is 97.8 cm³/mol.